The first-order chi connectivity index (χ1) is 8.54. The molecule has 0 aliphatic carbocycles. The van der Waals surface area contributed by atoms with Gasteiger partial charge in [0.15, 0.2) is 0 Å². The molecule has 0 unspecified atom stereocenters. The number of carbonyl (C=O) groups is 2. The minimum Gasteiger partial charge on any atom is -0.481 e. The zero-order valence-electron chi connectivity index (χ0n) is 9.30. The molecule has 0 radical (unpaired) electrons. The molecule has 1 heterocycles. The van der Waals surface area contributed by atoms with E-state index in [0.717, 1.165) is 5.56 Å². The van der Waals surface area contributed by atoms with Gasteiger partial charge in [-0.3, -0.25) is 9.59 Å². The summed E-state index contributed by atoms with van der Waals surface area (Å²) in [5.41, 5.74) is 0.995. The second kappa shape index (κ2) is 5.54. The van der Waals surface area contributed by atoms with Crippen LogP contribution in [-0.2, 0) is 16.0 Å². The summed E-state index contributed by atoms with van der Waals surface area (Å²) in [6, 6.07) is 7.27. The van der Waals surface area contributed by atoms with Crippen LogP contribution in [0.1, 0.15) is 12.0 Å². The van der Waals surface area contributed by atoms with Crippen molar-refractivity contribution in [2.75, 3.05) is 0 Å². The van der Waals surface area contributed by atoms with E-state index < -0.39 is 11.2 Å². The maximum absolute atomic E-state index is 11.5. The molecule has 1 aliphatic rings. The number of rotatable bonds is 4. The molecule has 4 nitrogen and oxygen atoms in total. The van der Waals surface area contributed by atoms with Crippen LogP contribution in [0.3, 0.4) is 0 Å². The van der Waals surface area contributed by atoms with E-state index in [-0.39, 0.29) is 12.3 Å². The zero-order chi connectivity index (χ0) is 13.1. The number of hydrogen-bond donors (Lipinski definition) is 1. The quantitative estimate of drug-likeness (QED) is 0.921. The summed E-state index contributed by atoms with van der Waals surface area (Å²) in [6.07, 6.45) is 0.348. The van der Waals surface area contributed by atoms with Crippen LogP contribution in [0.2, 0.25) is 5.02 Å². The number of amides is 1. The van der Waals surface area contributed by atoms with Crippen LogP contribution in [0.15, 0.2) is 29.3 Å². The standard InChI is InChI=1S/C12H10ClNO3S/c13-8-3-1-7(2-4-8)5-10-14-12(17)9(18-10)6-11(15)16/h1-4,9H,5-6H2,(H,15,16)/t9-/m1/s1. The maximum atomic E-state index is 11.5. The van der Waals surface area contributed by atoms with Crippen molar-refractivity contribution in [3.05, 3.63) is 34.9 Å². The van der Waals surface area contributed by atoms with Gasteiger partial charge in [0.1, 0.15) is 5.25 Å². The number of nitrogens with zero attached hydrogens (tertiary/aromatic N) is 1. The number of aliphatic carboxylic acids is 1. The van der Waals surface area contributed by atoms with E-state index in [1.165, 1.54) is 11.8 Å². The van der Waals surface area contributed by atoms with Crippen LogP contribution < -0.4 is 0 Å². The van der Waals surface area contributed by atoms with Gasteiger partial charge in [-0.05, 0) is 17.7 Å². The number of carbonyl (C=O) groups excluding carboxylic acids is 1. The molecule has 0 spiro atoms. The zero-order valence-corrected chi connectivity index (χ0v) is 10.9. The van der Waals surface area contributed by atoms with Crippen LogP contribution in [0.25, 0.3) is 0 Å². The largest absolute Gasteiger partial charge is 0.481 e. The Bertz CT molecular complexity index is 513. The van der Waals surface area contributed by atoms with Gasteiger partial charge in [-0.15, -0.1) is 0 Å². The summed E-state index contributed by atoms with van der Waals surface area (Å²) < 4.78 is 0. The molecule has 0 bridgehead atoms. The molecule has 1 aliphatic heterocycles. The van der Waals surface area contributed by atoms with Crippen molar-refractivity contribution in [1.29, 1.82) is 0 Å². The van der Waals surface area contributed by atoms with E-state index >= 15 is 0 Å². The van der Waals surface area contributed by atoms with Crippen molar-refractivity contribution in [3.63, 3.8) is 0 Å². The van der Waals surface area contributed by atoms with Gasteiger partial charge < -0.3 is 5.11 Å². The fourth-order valence-electron chi connectivity index (χ4n) is 1.58. The van der Waals surface area contributed by atoms with Crippen molar-refractivity contribution in [2.45, 2.75) is 18.1 Å². The molecule has 0 aromatic heterocycles. The monoisotopic (exact) mass is 283 g/mol. The predicted molar refractivity (Wildman–Crippen MR) is 71.2 cm³/mol. The Balaban J connectivity index is 1.99. The topological polar surface area (TPSA) is 66.7 Å². The van der Waals surface area contributed by atoms with E-state index in [1.807, 2.05) is 12.1 Å². The first kappa shape index (κ1) is 13.1. The average molecular weight is 284 g/mol. The van der Waals surface area contributed by atoms with Crippen molar-refractivity contribution in [1.82, 2.24) is 0 Å². The number of carboxylic acid groups (broad SMARTS) is 1. The third-order valence-electron chi connectivity index (χ3n) is 2.42. The van der Waals surface area contributed by atoms with Gasteiger partial charge >= 0.3 is 5.97 Å². The molecule has 6 heteroatoms. The lowest BCUT2D eigenvalue weighted by Crippen LogP contribution is -2.15. The summed E-state index contributed by atoms with van der Waals surface area (Å²) in [5.74, 6) is -1.34. The summed E-state index contributed by atoms with van der Waals surface area (Å²) >= 11 is 7.01. The van der Waals surface area contributed by atoms with E-state index in [2.05, 4.69) is 4.99 Å². The van der Waals surface area contributed by atoms with Crippen molar-refractivity contribution in [2.24, 2.45) is 4.99 Å². The lowest BCUT2D eigenvalue weighted by molar-refractivity contribution is -0.138. The lowest BCUT2D eigenvalue weighted by atomic mass is 10.2. The second-order valence-electron chi connectivity index (χ2n) is 3.85. The maximum Gasteiger partial charge on any atom is 0.305 e. The molecule has 0 saturated carbocycles. The molecule has 94 valence electrons. The van der Waals surface area contributed by atoms with Gasteiger partial charge in [0.05, 0.1) is 11.5 Å². The highest BCUT2D eigenvalue weighted by Gasteiger charge is 2.30. The molecule has 1 aromatic carbocycles. The Morgan fingerprint density at radius 3 is 2.67 bits per heavy atom. The Hall–Kier alpha value is -1.33. The smallest absolute Gasteiger partial charge is 0.305 e. The minimum atomic E-state index is -0.983. The molecule has 0 saturated heterocycles. The molecular weight excluding hydrogens is 274 g/mol. The van der Waals surface area contributed by atoms with Crippen LogP contribution in [0, 0.1) is 0 Å². The number of thioether (sulfide) groups is 1. The van der Waals surface area contributed by atoms with Crippen molar-refractivity contribution in [3.8, 4) is 0 Å². The highest BCUT2D eigenvalue weighted by Crippen LogP contribution is 2.27. The van der Waals surface area contributed by atoms with Crippen molar-refractivity contribution >= 4 is 40.3 Å². The molecule has 18 heavy (non-hydrogen) atoms. The molecule has 1 atom stereocenters. The van der Waals surface area contributed by atoms with Crippen LogP contribution >= 0.6 is 23.4 Å². The first-order valence-corrected chi connectivity index (χ1v) is 6.54. The van der Waals surface area contributed by atoms with Gasteiger partial charge in [-0.25, -0.2) is 4.99 Å². The third-order valence-corrected chi connectivity index (χ3v) is 3.83. The Morgan fingerprint density at radius 2 is 2.06 bits per heavy atom. The van der Waals surface area contributed by atoms with Gasteiger partial charge in [0, 0.05) is 11.4 Å². The summed E-state index contributed by atoms with van der Waals surface area (Å²) in [5, 5.41) is 9.40. The van der Waals surface area contributed by atoms with Gasteiger partial charge in [0.25, 0.3) is 5.91 Å². The van der Waals surface area contributed by atoms with Gasteiger partial charge in [-0.2, -0.15) is 0 Å². The van der Waals surface area contributed by atoms with Crippen LogP contribution in [-0.4, -0.2) is 27.3 Å². The van der Waals surface area contributed by atoms with Gasteiger partial charge in [0.2, 0.25) is 0 Å². The predicted octanol–water partition coefficient (Wildman–Crippen LogP) is 2.40. The summed E-state index contributed by atoms with van der Waals surface area (Å²) in [7, 11) is 0. The SMILES string of the molecule is O=C(O)C[C@H]1SC(Cc2ccc(Cl)cc2)=NC1=O. The molecule has 1 aromatic rings. The number of halogens is 1. The van der Waals surface area contributed by atoms with E-state index in [1.54, 1.807) is 12.1 Å². The molecule has 1 N–H and O–H groups in total. The number of carboxylic acids is 1. The summed E-state index contributed by atoms with van der Waals surface area (Å²) in [6.45, 7) is 0. The number of hydrogen-bond acceptors (Lipinski definition) is 3. The minimum absolute atomic E-state index is 0.183. The van der Waals surface area contributed by atoms with E-state index in [9.17, 15) is 9.59 Å². The van der Waals surface area contributed by atoms with E-state index in [4.69, 9.17) is 16.7 Å². The number of benzene rings is 1. The van der Waals surface area contributed by atoms with Crippen LogP contribution in [0.4, 0.5) is 0 Å². The normalized spacial score (nSPS) is 18.8. The van der Waals surface area contributed by atoms with Crippen molar-refractivity contribution < 1.29 is 14.7 Å². The Labute approximate surface area is 113 Å². The first-order valence-electron chi connectivity index (χ1n) is 5.29. The molecule has 1 amide bonds. The molecular formula is C12H10ClNO3S. The fraction of sp³-hybridized carbons (Fsp3) is 0.250. The fourth-order valence-corrected chi connectivity index (χ4v) is 2.81. The average Bonchev–Trinajstić information content (AvgIpc) is 2.62. The molecule has 2 rings (SSSR count). The van der Waals surface area contributed by atoms with Gasteiger partial charge in [-0.1, -0.05) is 35.5 Å². The Morgan fingerprint density at radius 1 is 1.39 bits per heavy atom. The third kappa shape index (κ3) is 3.34. The highest BCUT2D eigenvalue weighted by atomic mass is 35.5. The van der Waals surface area contributed by atoms with E-state index in [0.29, 0.717) is 16.5 Å². The number of aliphatic imine (C=N–C) groups is 1. The van der Waals surface area contributed by atoms with Crippen LogP contribution in [0.5, 0.6) is 0 Å². The summed E-state index contributed by atoms with van der Waals surface area (Å²) in [4.78, 5) is 25.9. The molecule has 0 fully saturated rings. The highest BCUT2D eigenvalue weighted by molar-refractivity contribution is 8.15. The second-order valence-corrected chi connectivity index (χ2v) is 5.56. The lowest BCUT2D eigenvalue weighted by Gasteiger charge is -2.03. The Kier molecular flexibility index (Phi) is 4.04.